The van der Waals surface area contributed by atoms with Gasteiger partial charge in [-0.05, 0) is 55.3 Å². The predicted octanol–water partition coefficient (Wildman–Crippen LogP) is 4.53. The molecule has 3 heterocycles. The molecule has 1 saturated heterocycles. The third-order valence-electron chi connectivity index (χ3n) is 6.83. The highest BCUT2D eigenvalue weighted by molar-refractivity contribution is 7.89. The van der Waals surface area contributed by atoms with Gasteiger partial charge in [0.05, 0.1) is 12.0 Å². The lowest BCUT2D eigenvalue weighted by atomic mass is 9.97. The first-order chi connectivity index (χ1) is 17.5. The quantitative estimate of drug-likeness (QED) is 0.490. The number of pyridine rings is 1. The number of allylic oxidation sites excluding steroid dienone is 1. The largest absolute Gasteiger partial charge is 0.496 e. The average Bonchev–Trinajstić information content (AvgIpc) is 3.06. The van der Waals surface area contributed by atoms with E-state index in [1.807, 2.05) is 49.4 Å². The molecule has 0 amide bonds. The maximum absolute atomic E-state index is 13.0. The summed E-state index contributed by atoms with van der Waals surface area (Å²) in [6.45, 7) is 5.24. The molecular formula is C28H31N3O4S. The zero-order chi connectivity index (χ0) is 25.1. The van der Waals surface area contributed by atoms with Gasteiger partial charge in [0.2, 0.25) is 15.9 Å². The Morgan fingerprint density at radius 1 is 1.03 bits per heavy atom. The molecular weight excluding hydrogens is 474 g/mol. The van der Waals surface area contributed by atoms with E-state index in [1.165, 1.54) is 0 Å². The van der Waals surface area contributed by atoms with Crippen molar-refractivity contribution in [1.29, 1.82) is 0 Å². The van der Waals surface area contributed by atoms with Gasteiger partial charge in [-0.2, -0.15) is 4.31 Å². The fourth-order valence-corrected chi connectivity index (χ4v) is 6.19. The molecule has 2 aliphatic rings. The van der Waals surface area contributed by atoms with Crippen LogP contribution in [0.25, 0.3) is 5.57 Å². The Hall–Kier alpha value is -3.20. The van der Waals surface area contributed by atoms with Crippen molar-refractivity contribution in [3.63, 3.8) is 0 Å². The van der Waals surface area contributed by atoms with E-state index in [-0.39, 0.29) is 0 Å². The van der Waals surface area contributed by atoms with Crippen molar-refractivity contribution >= 4 is 15.6 Å². The number of hydrogen-bond acceptors (Lipinski definition) is 6. The highest BCUT2D eigenvalue weighted by atomic mass is 32.2. The number of aromatic nitrogens is 1. The van der Waals surface area contributed by atoms with Crippen LogP contribution in [-0.2, 0) is 16.4 Å². The minimum atomic E-state index is -3.45. The van der Waals surface area contributed by atoms with Crippen LogP contribution in [-0.4, -0.2) is 62.4 Å². The highest BCUT2D eigenvalue weighted by Gasteiger charge is 2.28. The van der Waals surface area contributed by atoms with Gasteiger partial charge in [0.25, 0.3) is 0 Å². The third-order valence-corrected chi connectivity index (χ3v) is 8.74. The summed E-state index contributed by atoms with van der Waals surface area (Å²) in [5.41, 5.74) is 4.21. The molecule has 0 bridgehead atoms. The van der Waals surface area contributed by atoms with Crippen LogP contribution in [0.2, 0.25) is 0 Å². The summed E-state index contributed by atoms with van der Waals surface area (Å²) in [7, 11) is -1.78. The molecule has 1 fully saturated rings. The van der Waals surface area contributed by atoms with Gasteiger partial charge in [0.1, 0.15) is 11.5 Å². The minimum absolute atomic E-state index is 0.366. The molecule has 188 valence electrons. The van der Waals surface area contributed by atoms with Gasteiger partial charge in [-0.25, -0.2) is 13.4 Å². The van der Waals surface area contributed by atoms with Gasteiger partial charge < -0.3 is 14.4 Å². The fraction of sp³-hybridized carbons (Fsp3) is 0.321. The maximum Gasteiger partial charge on any atom is 0.243 e. The van der Waals surface area contributed by atoms with Crippen LogP contribution in [0.4, 0.5) is 0 Å². The van der Waals surface area contributed by atoms with Crippen LogP contribution >= 0.6 is 0 Å². The van der Waals surface area contributed by atoms with Crippen molar-refractivity contribution in [2.24, 2.45) is 0 Å². The van der Waals surface area contributed by atoms with Crippen molar-refractivity contribution in [2.45, 2.75) is 24.7 Å². The van der Waals surface area contributed by atoms with Crippen LogP contribution in [0.3, 0.4) is 0 Å². The van der Waals surface area contributed by atoms with Crippen LogP contribution in [0.15, 0.2) is 71.8 Å². The van der Waals surface area contributed by atoms with Gasteiger partial charge in [-0.3, -0.25) is 0 Å². The Morgan fingerprint density at radius 2 is 1.81 bits per heavy atom. The zero-order valence-electron chi connectivity index (χ0n) is 20.7. The lowest BCUT2D eigenvalue weighted by Gasteiger charge is -2.33. The predicted molar refractivity (Wildman–Crippen MR) is 140 cm³/mol. The Kier molecular flexibility index (Phi) is 7.09. The lowest BCUT2D eigenvalue weighted by Crippen LogP contribution is -2.48. The number of nitrogens with zero attached hydrogens (tertiary/aromatic N) is 3. The molecule has 0 aliphatic carbocycles. The van der Waals surface area contributed by atoms with Crippen molar-refractivity contribution < 1.29 is 17.9 Å². The number of sulfonamides is 1. The van der Waals surface area contributed by atoms with Gasteiger partial charge in [-0.1, -0.05) is 29.8 Å². The van der Waals surface area contributed by atoms with Crippen molar-refractivity contribution in [3.05, 3.63) is 83.6 Å². The van der Waals surface area contributed by atoms with Crippen LogP contribution in [0, 0.1) is 6.92 Å². The average molecular weight is 506 g/mol. The second-order valence-electron chi connectivity index (χ2n) is 9.15. The third kappa shape index (κ3) is 5.02. The van der Waals surface area contributed by atoms with E-state index in [0.29, 0.717) is 43.4 Å². The summed E-state index contributed by atoms with van der Waals surface area (Å²) < 4.78 is 39.3. The highest BCUT2D eigenvalue weighted by Crippen LogP contribution is 2.41. The number of methoxy groups -OCH3 is 1. The zero-order valence-corrected chi connectivity index (χ0v) is 21.5. The van der Waals surface area contributed by atoms with E-state index in [0.717, 1.165) is 46.7 Å². The number of rotatable bonds is 6. The summed E-state index contributed by atoms with van der Waals surface area (Å²) in [4.78, 5) is 7.16. The Balaban J connectivity index is 1.26. The molecule has 5 rings (SSSR count). The van der Waals surface area contributed by atoms with Gasteiger partial charge >= 0.3 is 0 Å². The first-order valence-corrected chi connectivity index (χ1v) is 13.7. The number of fused-ring (bicyclic) bond motifs is 2. The van der Waals surface area contributed by atoms with E-state index >= 15 is 0 Å². The van der Waals surface area contributed by atoms with Crippen LogP contribution in [0.1, 0.15) is 23.1 Å². The Labute approximate surface area is 213 Å². The van der Waals surface area contributed by atoms with Gasteiger partial charge in [0, 0.05) is 56.5 Å². The molecule has 0 atom stereocenters. The molecule has 2 aliphatic heterocycles. The summed E-state index contributed by atoms with van der Waals surface area (Å²) in [5.74, 6) is 2.17. The smallest absolute Gasteiger partial charge is 0.243 e. The van der Waals surface area contributed by atoms with Crippen LogP contribution in [0.5, 0.6) is 17.4 Å². The molecule has 0 saturated carbocycles. The Bertz CT molecular complexity index is 1360. The molecule has 1 aromatic heterocycles. The van der Waals surface area contributed by atoms with E-state index in [4.69, 9.17) is 9.47 Å². The van der Waals surface area contributed by atoms with E-state index in [9.17, 15) is 8.42 Å². The molecule has 2 aromatic carbocycles. The SMILES string of the molecule is COc1cccc2c1CC(=CCCN1CCN(S(=O)(=O)c3ccc(C)cc3)CC1)c1cccnc1O2. The summed E-state index contributed by atoms with van der Waals surface area (Å²) >= 11 is 0. The van der Waals surface area contributed by atoms with Crippen molar-refractivity contribution in [2.75, 3.05) is 39.8 Å². The standard InChI is InChI=1S/C28H31N3O4S/c1-21-10-12-23(13-11-21)36(32,33)31-18-16-30(17-19-31)15-5-6-22-20-25-26(34-2)8-3-9-27(25)35-28-24(22)7-4-14-29-28/h3-4,6-14H,5,15-20H2,1-2H3. The molecule has 0 spiro atoms. The monoisotopic (exact) mass is 505 g/mol. The van der Waals surface area contributed by atoms with Crippen molar-refractivity contribution in [3.8, 4) is 17.4 Å². The molecule has 7 nitrogen and oxygen atoms in total. The topological polar surface area (TPSA) is 72.0 Å². The maximum atomic E-state index is 13.0. The van der Waals surface area contributed by atoms with Crippen molar-refractivity contribution in [1.82, 2.24) is 14.2 Å². The number of benzene rings is 2. The Morgan fingerprint density at radius 3 is 2.56 bits per heavy atom. The van der Waals surface area contributed by atoms with Gasteiger partial charge in [0.15, 0.2) is 0 Å². The number of piperazine rings is 1. The molecule has 0 unspecified atom stereocenters. The second kappa shape index (κ2) is 10.4. The molecule has 8 heteroatoms. The molecule has 3 aromatic rings. The first-order valence-electron chi connectivity index (χ1n) is 12.2. The summed E-state index contributed by atoms with van der Waals surface area (Å²) in [6, 6.07) is 16.9. The number of hydrogen-bond donors (Lipinski definition) is 0. The number of ether oxygens (including phenoxy) is 2. The first kappa shape index (κ1) is 24.5. The summed E-state index contributed by atoms with van der Waals surface area (Å²) in [6.07, 6.45) is 5.53. The van der Waals surface area contributed by atoms with E-state index in [1.54, 1.807) is 29.7 Å². The van der Waals surface area contributed by atoms with E-state index < -0.39 is 10.0 Å². The van der Waals surface area contributed by atoms with Gasteiger partial charge in [-0.15, -0.1) is 0 Å². The lowest BCUT2D eigenvalue weighted by molar-refractivity contribution is 0.191. The normalized spacial score (nSPS) is 17.7. The second-order valence-corrected chi connectivity index (χ2v) is 11.1. The fourth-order valence-electron chi connectivity index (χ4n) is 4.77. The minimum Gasteiger partial charge on any atom is -0.496 e. The molecule has 0 N–H and O–H groups in total. The molecule has 0 radical (unpaired) electrons. The number of aryl methyl sites for hydroxylation is 1. The summed E-state index contributed by atoms with van der Waals surface area (Å²) in [5, 5.41) is 0. The van der Waals surface area contributed by atoms with Crippen LogP contribution < -0.4 is 9.47 Å². The van der Waals surface area contributed by atoms with E-state index in [2.05, 4.69) is 16.0 Å². The molecule has 36 heavy (non-hydrogen) atoms.